The zero-order chi connectivity index (χ0) is 14.5. The molecule has 2 aromatic rings. The molecule has 0 bridgehead atoms. The van der Waals surface area contributed by atoms with Crippen molar-refractivity contribution in [2.24, 2.45) is 5.16 Å². The van der Waals surface area contributed by atoms with Gasteiger partial charge in [0.05, 0.1) is 0 Å². The average molecular weight is 308 g/mol. The van der Waals surface area contributed by atoms with Gasteiger partial charge in [-0.25, -0.2) is 9.97 Å². The maximum absolute atomic E-state index is 12.3. The van der Waals surface area contributed by atoms with E-state index in [-0.39, 0.29) is 11.4 Å². The van der Waals surface area contributed by atoms with Gasteiger partial charge in [0.25, 0.3) is 0 Å². The summed E-state index contributed by atoms with van der Waals surface area (Å²) < 4.78 is 0. The predicted molar refractivity (Wildman–Crippen MR) is 77.9 cm³/mol. The number of hydrogen-bond acceptors (Lipinski definition) is 6. The number of carbonyl (C=O) groups excluding carboxylic acids is 1. The molecule has 1 heterocycles. The van der Waals surface area contributed by atoms with Crippen LogP contribution in [0.1, 0.15) is 16.1 Å². The van der Waals surface area contributed by atoms with Gasteiger partial charge in [-0.1, -0.05) is 40.7 Å². The zero-order valence-corrected chi connectivity index (χ0v) is 12.0. The second kappa shape index (κ2) is 6.49. The first kappa shape index (κ1) is 14.5. The van der Waals surface area contributed by atoms with E-state index in [2.05, 4.69) is 15.1 Å². The molecule has 0 spiro atoms. The van der Waals surface area contributed by atoms with Crippen LogP contribution < -0.4 is 0 Å². The topological polar surface area (TPSA) is 75.4 Å². The van der Waals surface area contributed by atoms with Crippen molar-refractivity contribution in [1.82, 2.24) is 9.97 Å². The summed E-state index contributed by atoms with van der Waals surface area (Å²) in [4.78, 5) is 20.5. The molecule has 0 amide bonds. The van der Waals surface area contributed by atoms with Gasteiger partial charge in [-0.15, -0.1) is 0 Å². The summed E-state index contributed by atoms with van der Waals surface area (Å²) in [6, 6.07) is 7.92. The third-order valence-corrected chi connectivity index (χ3v) is 3.26. The van der Waals surface area contributed by atoms with Crippen LogP contribution in [0.25, 0.3) is 0 Å². The lowest BCUT2D eigenvalue weighted by atomic mass is 10.0. The van der Waals surface area contributed by atoms with Crippen LogP contribution in [-0.2, 0) is 0 Å². The van der Waals surface area contributed by atoms with Gasteiger partial charge >= 0.3 is 0 Å². The Morgan fingerprint density at radius 3 is 2.85 bits per heavy atom. The first-order chi connectivity index (χ1) is 9.65. The molecule has 1 N–H and O–H groups in total. The Bertz CT molecular complexity index is 676. The molecule has 0 aliphatic heterocycles. The molecule has 0 radical (unpaired) electrons. The molecule has 0 atom stereocenters. The molecule has 0 fully saturated rings. The molecule has 0 saturated heterocycles. The molecule has 0 aliphatic carbocycles. The summed E-state index contributed by atoms with van der Waals surface area (Å²) in [5.74, 6) is -0.458. The van der Waals surface area contributed by atoms with Crippen molar-refractivity contribution in [3.05, 3.63) is 52.8 Å². The van der Waals surface area contributed by atoms with Crippen LogP contribution in [0, 0.1) is 0 Å². The van der Waals surface area contributed by atoms with Crippen LogP contribution in [0.2, 0.25) is 5.02 Å². The van der Waals surface area contributed by atoms with Gasteiger partial charge in [-0.05, 0) is 24.5 Å². The lowest BCUT2D eigenvalue weighted by molar-refractivity contribution is 0.106. The Balaban J connectivity index is 2.40. The summed E-state index contributed by atoms with van der Waals surface area (Å²) in [7, 11) is 0. The SMILES string of the molecule is CSc1nccc(/C(=N\O)C(=O)c2cccc(Cl)c2)n1. The van der Waals surface area contributed by atoms with E-state index in [1.807, 2.05) is 6.26 Å². The minimum Gasteiger partial charge on any atom is -0.410 e. The lowest BCUT2D eigenvalue weighted by Gasteiger charge is -2.04. The van der Waals surface area contributed by atoms with Crippen LogP contribution in [0.15, 0.2) is 46.8 Å². The van der Waals surface area contributed by atoms with Crippen molar-refractivity contribution in [1.29, 1.82) is 0 Å². The summed E-state index contributed by atoms with van der Waals surface area (Å²) in [6.07, 6.45) is 3.32. The van der Waals surface area contributed by atoms with Crippen LogP contribution in [0.5, 0.6) is 0 Å². The number of benzene rings is 1. The minimum atomic E-state index is -0.458. The second-order valence-electron chi connectivity index (χ2n) is 3.72. The number of carbonyl (C=O) groups is 1. The number of thioether (sulfide) groups is 1. The summed E-state index contributed by atoms with van der Waals surface area (Å²) in [5.41, 5.74) is 0.441. The Labute approximate surface area is 124 Å². The van der Waals surface area contributed by atoms with E-state index >= 15 is 0 Å². The summed E-state index contributed by atoms with van der Waals surface area (Å²) in [6.45, 7) is 0. The van der Waals surface area contributed by atoms with Gasteiger partial charge in [-0.3, -0.25) is 4.79 Å². The highest BCUT2D eigenvalue weighted by molar-refractivity contribution is 7.98. The van der Waals surface area contributed by atoms with Gasteiger partial charge in [0.2, 0.25) is 5.78 Å². The molecule has 0 saturated carbocycles. The van der Waals surface area contributed by atoms with Crippen molar-refractivity contribution in [3.63, 3.8) is 0 Å². The molecule has 0 aliphatic rings. The van der Waals surface area contributed by atoms with E-state index in [0.29, 0.717) is 15.7 Å². The number of halogens is 1. The number of hydrogen-bond donors (Lipinski definition) is 1. The number of nitrogens with zero attached hydrogens (tertiary/aromatic N) is 3. The number of Topliss-reactive ketones (excluding diaryl/α,β-unsaturated/α-hetero) is 1. The molecule has 1 aromatic heterocycles. The number of aromatic nitrogens is 2. The van der Waals surface area contributed by atoms with Crippen LogP contribution in [0.3, 0.4) is 0 Å². The Morgan fingerprint density at radius 1 is 1.40 bits per heavy atom. The fourth-order valence-corrected chi connectivity index (χ4v) is 2.10. The first-order valence-corrected chi connectivity index (χ1v) is 7.15. The van der Waals surface area contributed by atoms with Gasteiger partial charge < -0.3 is 5.21 Å². The highest BCUT2D eigenvalue weighted by Gasteiger charge is 2.19. The fraction of sp³-hybridized carbons (Fsp3) is 0.0769. The highest BCUT2D eigenvalue weighted by Crippen LogP contribution is 2.14. The molecule has 0 unspecified atom stereocenters. The molecule has 20 heavy (non-hydrogen) atoms. The van der Waals surface area contributed by atoms with Crippen LogP contribution in [0.4, 0.5) is 0 Å². The third-order valence-electron chi connectivity index (χ3n) is 2.46. The predicted octanol–water partition coefficient (Wildman–Crippen LogP) is 2.91. The molecular formula is C13H10ClN3O2S. The maximum Gasteiger partial charge on any atom is 0.217 e. The van der Waals surface area contributed by atoms with Crippen molar-refractivity contribution in [3.8, 4) is 0 Å². The molecule has 1 aromatic carbocycles. The number of ketones is 1. The van der Waals surface area contributed by atoms with Crippen molar-refractivity contribution in [2.75, 3.05) is 6.26 Å². The third kappa shape index (κ3) is 3.15. The molecular weight excluding hydrogens is 298 g/mol. The Morgan fingerprint density at radius 2 is 2.20 bits per heavy atom. The lowest BCUT2D eigenvalue weighted by Crippen LogP contribution is -2.18. The van der Waals surface area contributed by atoms with E-state index in [4.69, 9.17) is 16.8 Å². The summed E-state index contributed by atoms with van der Waals surface area (Å²) in [5, 5.41) is 13.1. The molecule has 5 nitrogen and oxygen atoms in total. The van der Waals surface area contributed by atoms with E-state index < -0.39 is 5.78 Å². The normalized spacial score (nSPS) is 11.4. The largest absolute Gasteiger partial charge is 0.410 e. The van der Waals surface area contributed by atoms with E-state index in [1.54, 1.807) is 18.2 Å². The second-order valence-corrected chi connectivity index (χ2v) is 4.93. The van der Waals surface area contributed by atoms with Gasteiger partial charge in [0.15, 0.2) is 10.9 Å². The quantitative estimate of drug-likeness (QED) is 0.235. The first-order valence-electron chi connectivity index (χ1n) is 5.55. The number of oxime groups is 1. The fourth-order valence-electron chi connectivity index (χ4n) is 1.55. The van der Waals surface area contributed by atoms with E-state index in [0.717, 1.165) is 0 Å². The van der Waals surface area contributed by atoms with Gasteiger partial charge in [0.1, 0.15) is 5.69 Å². The van der Waals surface area contributed by atoms with E-state index in [1.165, 1.54) is 30.1 Å². The Kier molecular flexibility index (Phi) is 4.70. The van der Waals surface area contributed by atoms with Crippen molar-refractivity contribution < 1.29 is 10.0 Å². The van der Waals surface area contributed by atoms with Crippen LogP contribution in [-0.4, -0.2) is 32.9 Å². The van der Waals surface area contributed by atoms with Crippen molar-refractivity contribution in [2.45, 2.75) is 5.16 Å². The maximum atomic E-state index is 12.3. The average Bonchev–Trinajstić information content (AvgIpc) is 2.48. The van der Waals surface area contributed by atoms with Crippen LogP contribution >= 0.6 is 23.4 Å². The molecule has 2 rings (SSSR count). The zero-order valence-electron chi connectivity index (χ0n) is 10.4. The van der Waals surface area contributed by atoms with Gasteiger partial charge in [0, 0.05) is 16.8 Å². The Hall–Kier alpha value is -1.92. The number of rotatable bonds is 4. The smallest absolute Gasteiger partial charge is 0.217 e. The summed E-state index contributed by atoms with van der Waals surface area (Å²) >= 11 is 7.18. The highest BCUT2D eigenvalue weighted by atomic mass is 35.5. The van der Waals surface area contributed by atoms with E-state index in [9.17, 15) is 4.79 Å². The molecule has 7 heteroatoms. The minimum absolute atomic E-state index is 0.148. The van der Waals surface area contributed by atoms with Crippen molar-refractivity contribution >= 4 is 34.9 Å². The standard InChI is InChI=1S/C13H10ClN3O2S/c1-20-13-15-6-5-10(16-13)11(17-19)12(18)8-3-2-4-9(14)7-8/h2-7,19H,1H3/b17-11+. The molecule has 102 valence electrons. The monoisotopic (exact) mass is 307 g/mol. The van der Waals surface area contributed by atoms with Gasteiger partial charge in [-0.2, -0.15) is 0 Å².